The molecule has 0 bridgehead atoms. The lowest BCUT2D eigenvalue weighted by atomic mass is 10.2. The van der Waals surface area contributed by atoms with Crippen molar-refractivity contribution in [1.29, 1.82) is 0 Å². The normalized spacial score (nSPS) is 14.1. The van der Waals surface area contributed by atoms with Crippen molar-refractivity contribution < 1.29 is 9.21 Å². The summed E-state index contributed by atoms with van der Waals surface area (Å²) >= 11 is 3.27. The van der Waals surface area contributed by atoms with Gasteiger partial charge in [0.05, 0.1) is 6.54 Å². The van der Waals surface area contributed by atoms with Crippen molar-refractivity contribution in [3.05, 3.63) is 52.4 Å². The molecule has 5 heteroatoms. The van der Waals surface area contributed by atoms with E-state index in [0.29, 0.717) is 22.8 Å². The van der Waals surface area contributed by atoms with Gasteiger partial charge in [0, 0.05) is 17.3 Å². The van der Waals surface area contributed by atoms with Crippen LogP contribution in [0.3, 0.4) is 0 Å². The van der Waals surface area contributed by atoms with Crippen LogP contribution < -0.4 is 10.6 Å². The minimum absolute atomic E-state index is 0.00288. The highest BCUT2D eigenvalue weighted by Crippen LogP contribution is 2.20. The molecule has 0 atom stereocenters. The van der Waals surface area contributed by atoms with Gasteiger partial charge in [-0.05, 0) is 59.1 Å². The van der Waals surface area contributed by atoms with Crippen molar-refractivity contribution in [3.63, 3.8) is 0 Å². The highest BCUT2D eigenvalue weighted by atomic mass is 79.9. The van der Waals surface area contributed by atoms with Crippen LogP contribution in [-0.4, -0.2) is 11.9 Å². The monoisotopic (exact) mass is 334 g/mol. The maximum absolute atomic E-state index is 12.0. The van der Waals surface area contributed by atoms with Crippen molar-refractivity contribution in [2.45, 2.75) is 25.4 Å². The quantitative estimate of drug-likeness (QED) is 0.879. The van der Waals surface area contributed by atoms with Gasteiger partial charge in [-0.1, -0.05) is 6.07 Å². The molecule has 104 valence electrons. The molecular formula is C15H15BrN2O2. The van der Waals surface area contributed by atoms with Gasteiger partial charge < -0.3 is 15.1 Å². The number of benzene rings is 1. The molecular weight excluding hydrogens is 320 g/mol. The van der Waals surface area contributed by atoms with Gasteiger partial charge in [-0.3, -0.25) is 4.79 Å². The van der Waals surface area contributed by atoms with E-state index in [2.05, 4.69) is 26.6 Å². The van der Waals surface area contributed by atoms with Gasteiger partial charge in [0.25, 0.3) is 5.91 Å². The van der Waals surface area contributed by atoms with Gasteiger partial charge in [-0.15, -0.1) is 0 Å². The molecule has 2 N–H and O–H groups in total. The summed E-state index contributed by atoms with van der Waals surface area (Å²) < 4.78 is 6.13. The Labute approximate surface area is 125 Å². The number of anilines is 1. The first-order valence-electron chi connectivity index (χ1n) is 6.60. The van der Waals surface area contributed by atoms with E-state index in [-0.39, 0.29) is 5.91 Å². The first-order valence-corrected chi connectivity index (χ1v) is 7.39. The highest BCUT2D eigenvalue weighted by molar-refractivity contribution is 9.10. The van der Waals surface area contributed by atoms with E-state index >= 15 is 0 Å². The lowest BCUT2D eigenvalue weighted by molar-refractivity contribution is 0.0951. The fourth-order valence-electron chi connectivity index (χ4n) is 1.90. The maximum Gasteiger partial charge on any atom is 0.251 e. The molecule has 1 heterocycles. The fourth-order valence-corrected chi connectivity index (χ4v) is 2.24. The SMILES string of the molecule is O=C(NC1CC1)c1cccc(NCc2ccc(Br)o2)c1. The van der Waals surface area contributed by atoms with Crippen molar-refractivity contribution >= 4 is 27.5 Å². The Morgan fingerprint density at radius 2 is 2.15 bits per heavy atom. The second-order valence-corrected chi connectivity index (χ2v) is 5.67. The smallest absolute Gasteiger partial charge is 0.251 e. The Kier molecular flexibility index (Phi) is 3.78. The van der Waals surface area contributed by atoms with E-state index in [0.717, 1.165) is 24.3 Å². The zero-order chi connectivity index (χ0) is 13.9. The van der Waals surface area contributed by atoms with Gasteiger partial charge >= 0.3 is 0 Å². The van der Waals surface area contributed by atoms with Crippen LogP contribution in [0.15, 0.2) is 45.5 Å². The Morgan fingerprint density at radius 3 is 2.85 bits per heavy atom. The van der Waals surface area contributed by atoms with Gasteiger partial charge in [-0.2, -0.15) is 0 Å². The third-order valence-corrected chi connectivity index (χ3v) is 3.56. The summed E-state index contributed by atoms with van der Waals surface area (Å²) in [5.74, 6) is 0.835. The molecule has 0 unspecified atom stereocenters. The molecule has 1 aliphatic carbocycles. The van der Waals surface area contributed by atoms with Crippen molar-refractivity contribution in [3.8, 4) is 0 Å². The van der Waals surface area contributed by atoms with E-state index in [1.54, 1.807) is 0 Å². The third kappa shape index (κ3) is 3.42. The van der Waals surface area contributed by atoms with Crippen LogP contribution in [0, 0.1) is 0 Å². The predicted octanol–water partition coefficient (Wildman–Crippen LogP) is 3.55. The average molecular weight is 335 g/mol. The van der Waals surface area contributed by atoms with Gasteiger partial charge in [-0.25, -0.2) is 0 Å². The van der Waals surface area contributed by atoms with E-state index in [1.165, 1.54) is 0 Å². The van der Waals surface area contributed by atoms with E-state index < -0.39 is 0 Å². The largest absolute Gasteiger partial charge is 0.452 e. The van der Waals surface area contributed by atoms with Crippen LogP contribution in [0.25, 0.3) is 0 Å². The fraction of sp³-hybridized carbons (Fsp3) is 0.267. The number of hydrogen-bond donors (Lipinski definition) is 2. The molecule has 1 aromatic heterocycles. The minimum atomic E-state index is -0.00288. The summed E-state index contributed by atoms with van der Waals surface area (Å²) in [4.78, 5) is 12.0. The Balaban J connectivity index is 1.62. The maximum atomic E-state index is 12.0. The van der Waals surface area contributed by atoms with Crippen LogP contribution >= 0.6 is 15.9 Å². The molecule has 2 aromatic rings. The summed E-state index contributed by atoms with van der Waals surface area (Å²) in [7, 11) is 0. The molecule has 1 amide bonds. The number of carbonyl (C=O) groups excluding carboxylic acids is 1. The summed E-state index contributed by atoms with van der Waals surface area (Å²) in [6, 6.07) is 11.6. The van der Waals surface area contributed by atoms with Gasteiger partial charge in [0.2, 0.25) is 0 Å². The van der Waals surface area contributed by atoms with E-state index in [1.807, 2.05) is 36.4 Å². The molecule has 3 rings (SSSR count). The first-order chi connectivity index (χ1) is 9.70. The zero-order valence-corrected chi connectivity index (χ0v) is 12.4. The summed E-state index contributed by atoms with van der Waals surface area (Å²) in [6.45, 7) is 0.583. The first kappa shape index (κ1) is 13.2. The van der Waals surface area contributed by atoms with Crippen molar-refractivity contribution in [1.82, 2.24) is 5.32 Å². The summed E-state index contributed by atoms with van der Waals surface area (Å²) in [5, 5.41) is 6.23. The number of halogens is 1. The number of furan rings is 1. The molecule has 0 radical (unpaired) electrons. The third-order valence-electron chi connectivity index (χ3n) is 3.13. The molecule has 0 saturated heterocycles. The van der Waals surface area contributed by atoms with Crippen molar-refractivity contribution in [2.75, 3.05) is 5.32 Å². The Bertz CT molecular complexity index is 620. The molecule has 20 heavy (non-hydrogen) atoms. The summed E-state index contributed by atoms with van der Waals surface area (Å²) in [5.41, 5.74) is 1.59. The minimum Gasteiger partial charge on any atom is -0.452 e. The zero-order valence-electron chi connectivity index (χ0n) is 10.9. The standard InChI is InChI=1S/C15H15BrN2O2/c16-14-7-6-13(20-14)9-17-12-3-1-2-10(8-12)15(19)18-11-4-5-11/h1-3,6-8,11,17H,4-5,9H2,(H,18,19). The topological polar surface area (TPSA) is 54.3 Å². The molecule has 1 saturated carbocycles. The van der Waals surface area contributed by atoms with E-state index in [4.69, 9.17) is 4.42 Å². The number of hydrogen-bond acceptors (Lipinski definition) is 3. The molecule has 1 fully saturated rings. The Hall–Kier alpha value is -1.75. The van der Waals surface area contributed by atoms with Crippen LogP contribution in [0.1, 0.15) is 29.0 Å². The highest BCUT2D eigenvalue weighted by Gasteiger charge is 2.23. The second kappa shape index (κ2) is 5.71. The lowest BCUT2D eigenvalue weighted by Gasteiger charge is -2.07. The van der Waals surface area contributed by atoms with Crippen LogP contribution in [-0.2, 0) is 6.54 Å². The number of nitrogens with one attached hydrogen (secondary N) is 2. The van der Waals surface area contributed by atoms with Crippen molar-refractivity contribution in [2.24, 2.45) is 0 Å². The number of rotatable bonds is 5. The number of carbonyl (C=O) groups is 1. The second-order valence-electron chi connectivity index (χ2n) is 4.89. The molecule has 0 spiro atoms. The van der Waals surface area contributed by atoms with Crippen LogP contribution in [0.4, 0.5) is 5.69 Å². The number of amides is 1. The van der Waals surface area contributed by atoms with Crippen LogP contribution in [0.2, 0.25) is 0 Å². The van der Waals surface area contributed by atoms with Crippen LogP contribution in [0.5, 0.6) is 0 Å². The average Bonchev–Trinajstić information content (AvgIpc) is 3.17. The molecule has 0 aliphatic heterocycles. The summed E-state index contributed by atoms with van der Waals surface area (Å²) in [6.07, 6.45) is 2.19. The molecule has 1 aliphatic rings. The lowest BCUT2D eigenvalue weighted by Crippen LogP contribution is -2.25. The van der Waals surface area contributed by atoms with Gasteiger partial charge in [0.15, 0.2) is 4.67 Å². The molecule has 1 aromatic carbocycles. The van der Waals surface area contributed by atoms with Gasteiger partial charge in [0.1, 0.15) is 5.76 Å². The molecule has 4 nitrogen and oxygen atoms in total. The predicted molar refractivity (Wildman–Crippen MR) is 80.7 cm³/mol. The van der Waals surface area contributed by atoms with E-state index in [9.17, 15) is 4.79 Å². The Morgan fingerprint density at radius 1 is 1.30 bits per heavy atom.